The smallest absolute Gasteiger partial charge is 0.256 e. The van der Waals surface area contributed by atoms with E-state index < -0.39 is 0 Å². The molecule has 1 aromatic carbocycles. The number of benzene rings is 1. The van der Waals surface area contributed by atoms with Crippen molar-refractivity contribution in [3.05, 3.63) is 42.2 Å². The Kier molecular flexibility index (Phi) is 2.62. The first-order valence-electron chi connectivity index (χ1n) is 4.58. The molecule has 0 spiro atoms. The van der Waals surface area contributed by atoms with Crippen LogP contribution < -0.4 is 0 Å². The molecule has 1 aliphatic rings. The molecule has 1 aliphatic heterocycles. The van der Waals surface area contributed by atoms with Crippen molar-refractivity contribution >= 4 is 0 Å². The molecule has 2 heteroatoms. The van der Waals surface area contributed by atoms with Crippen molar-refractivity contribution in [1.82, 2.24) is 0 Å². The lowest BCUT2D eigenvalue weighted by Crippen LogP contribution is -2.25. The molecular formula is C11H13O2. The Morgan fingerprint density at radius 1 is 1.23 bits per heavy atom. The minimum absolute atomic E-state index is 0.268. The molecule has 0 aliphatic carbocycles. The molecule has 1 saturated heterocycles. The fraction of sp³-hybridized carbons (Fsp3) is 0.364. The summed E-state index contributed by atoms with van der Waals surface area (Å²) in [6, 6.07) is 9.93. The molecule has 1 radical (unpaired) electrons. The second-order valence-electron chi connectivity index (χ2n) is 3.22. The van der Waals surface area contributed by atoms with Gasteiger partial charge in [-0.3, -0.25) is 0 Å². The topological polar surface area (TPSA) is 18.5 Å². The average Bonchev–Trinajstić information content (AvgIpc) is 2.19. The maximum absolute atomic E-state index is 5.57. The Hall–Kier alpha value is -0.860. The second-order valence-corrected chi connectivity index (χ2v) is 3.22. The Bertz CT molecular complexity index is 258. The van der Waals surface area contributed by atoms with E-state index in [0.29, 0.717) is 6.29 Å². The van der Waals surface area contributed by atoms with Crippen molar-refractivity contribution in [3.63, 3.8) is 0 Å². The van der Waals surface area contributed by atoms with Gasteiger partial charge in [-0.15, -0.1) is 0 Å². The minimum Gasteiger partial charge on any atom is -0.341 e. The number of hydrogen-bond acceptors (Lipinski definition) is 2. The van der Waals surface area contributed by atoms with Gasteiger partial charge in [0.25, 0.3) is 6.29 Å². The average molecular weight is 177 g/mol. The lowest BCUT2D eigenvalue weighted by Gasteiger charge is -2.26. The first-order valence-corrected chi connectivity index (χ1v) is 4.58. The van der Waals surface area contributed by atoms with Gasteiger partial charge < -0.3 is 9.47 Å². The summed E-state index contributed by atoms with van der Waals surface area (Å²) in [5, 5.41) is 0. The molecule has 13 heavy (non-hydrogen) atoms. The first-order chi connectivity index (χ1) is 6.36. The summed E-state index contributed by atoms with van der Waals surface area (Å²) in [6.07, 6.45) is 1.90. The molecule has 0 saturated carbocycles. The summed E-state index contributed by atoms with van der Waals surface area (Å²) in [5.41, 5.74) is 1.02. The van der Waals surface area contributed by atoms with E-state index in [0.717, 1.165) is 18.6 Å². The maximum Gasteiger partial charge on any atom is 0.256 e. The Morgan fingerprint density at radius 3 is 2.69 bits per heavy atom. The highest BCUT2D eigenvalue weighted by molar-refractivity contribution is 5.24. The quantitative estimate of drug-likeness (QED) is 0.655. The van der Waals surface area contributed by atoms with Crippen molar-refractivity contribution in [1.29, 1.82) is 0 Å². The van der Waals surface area contributed by atoms with Crippen LogP contribution in [0.25, 0.3) is 0 Å². The van der Waals surface area contributed by atoms with E-state index in [-0.39, 0.29) is 6.10 Å². The molecule has 1 atom stereocenters. The van der Waals surface area contributed by atoms with Gasteiger partial charge in [0.1, 0.15) is 0 Å². The summed E-state index contributed by atoms with van der Waals surface area (Å²) in [4.78, 5) is 0. The van der Waals surface area contributed by atoms with E-state index in [2.05, 4.69) is 6.92 Å². The van der Waals surface area contributed by atoms with Crippen LogP contribution in [0.15, 0.2) is 30.3 Å². The van der Waals surface area contributed by atoms with Crippen LogP contribution >= 0.6 is 0 Å². The van der Waals surface area contributed by atoms with Crippen LogP contribution in [0.1, 0.15) is 18.9 Å². The minimum atomic E-state index is 0.268. The van der Waals surface area contributed by atoms with Crippen molar-refractivity contribution < 1.29 is 9.47 Å². The first kappa shape index (κ1) is 8.73. The molecule has 0 bridgehead atoms. The van der Waals surface area contributed by atoms with E-state index in [1.54, 1.807) is 0 Å². The van der Waals surface area contributed by atoms with Gasteiger partial charge in [0.2, 0.25) is 0 Å². The summed E-state index contributed by atoms with van der Waals surface area (Å²) in [7, 11) is 0. The van der Waals surface area contributed by atoms with Gasteiger partial charge >= 0.3 is 0 Å². The van der Waals surface area contributed by atoms with Crippen molar-refractivity contribution in [2.24, 2.45) is 0 Å². The third-order valence-electron chi connectivity index (χ3n) is 2.08. The van der Waals surface area contributed by atoms with Crippen molar-refractivity contribution in [2.75, 3.05) is 6.61 Å². The standard InChI is InChI=1S/C11H13O2/c1-9-7-8-12-11(13-9)10-5-3-2-4-6-10/h2-6,9H,7-8H2,1H3. The molecule has 0 amide bonds. The largest absolute Gasteiger partial charge is 0.341 e. The Morgan fingerprint density at radius 2 is 2.00 bits per heavy atom. The van der Waals surface area contributed by atoms with Crippen LogP contribution in [0.4, 0.5) is 0 Å². The lowest BCUT2D eigenvalue weighted by molar-refractivity contribution is -0.107. The predicted octanol–water partition coefficient (Wildman–Crippen LogP) is 2.35. The normalized spacial score (nSPS) is 24.5. The number of hydrogen-bond donors (Lipinski definition) is 0. The molecular weight excluding hydrogens is 164 g/mol. The van der Waals surface area contributed by atoms with Crippen LogP contribution in [-0.4, -0.2) is 12.7 Å². The summed E-state index contributed by atoms with van der Waals surface area (Å²) in [6.45, 7) is 2.82. The van der Waals surface area contributed by atoms with Crippen LogP contribution in [0.3, 0.4) is 0 Å². The van der Waals surface area contributed by atoms with Crippen molar-refractivity contribution in [3.8, 4) is 0 Å². The third kappa shape index (κ3) is 2.08. The molecule has 1 unspecified atom stereocenters. The van der Waals surface area contributed by atoms with E-state index in [4.69, 9.17) is 9.47 Å². The SMILES string of the molecule is CC1CCO[C](c2ccccc2)O1. The maximum atomic E-state index is 5.57. The van der Waals surface area contributed by atoms with Gasteiger partial charge in [0, 0.05) is 5.56 Å². The third-order valence-corrected chi connectivity index (χ3v) is 2.08. The van der Waals surface area contributed by atoms with E-state index in [1.807, 2.05) is 30.3 Å². The van der Waals surface area contributed by atoms with Crippen LogP contribution in [0, 0.1) is 6.29 Å². The highest BCUT2D eigenvalue weighted by Gasteiger charge is 2.22. The molecule has 2 rings (SSSR count). The molecule has 2 nitrogen and oxygen atoms in total. The molecule has 0 aromatic heterocycles. The van der Waals surface area contributed by atoms with Gasteiger partial charge in [-0.25, -0.2) is 0 Å². The Balaban J connectivity index is 2.08. The predicted molar refractivity (Wildman–Crippen MR) is 49.9 cm³/mol. The summed E-state index contributed by atoms with van der Waals surface area (Å²) in [5.74, 6) is 0. The van der Waals surface area contributed by atoms with Gasteiger partial charge in [0.05, 0.1) is 12.7 Å². The monoisotopic (exact) mass is 177 g/mol. The highest BCUT2D eigenvalue weighted by Crippen LogP contribution is 2.24. The number of ether oxygens (including phenoxy) is 2. The molecule has 69 valence electrons. The fourth-order valence-electron chi connectivity index (χ4n) is 1.32. The van der Waals surface area contributed by atoms with Gasteiger partial charge in [-0.05, 0) is 13.3 Å². The molecule has 0 N–H and O–H groups in total. The zero-order valence-electron chi connectivity index (χ0n) is 7.69. The molecule has 1 aromatic rings. The number of rotatable bonds is 1. The Labute approximate surface area is 78.5 Å². The van der Waals surface area contributed by atoms with Crippen LogP contribution in [-0.2, 0) is 9.47 Å². The van der Waals surface area contributed by atoms with Crippen LogP contribution in [0.5, 0.6) is 0 Å². The fourth-order valence-corrected chi connectivity index (χ4v) is 1.32. The summed E-state index contributed by atoms with van der Waals surface area (Å²) < 4.78 is 11.0. The van der Waals surface area contributed by atoms with Crippen molar-refractivity contribution in [2.45, 2.75) is 19.4 Å². The van der Waals surface area contributed by atoms with E-state index >= 15 is 0 Å². The second kappa shape index (κ2) is 3.90. The molecule has 1 fully saturated rings. The van der Waals surface area contributed by atoms with Crippen LogP contribution in [0.2, 0.25) is 0 Å². The van der Waals surface area contributed by atoms with E-state index in [9.17, 15) is 0 Å². The van der Waals surface area contributed by atoms with Gasteiger partial charge in [-0.1, -0.05) is 30.3 Å². The zero-order valence-corrected chi connectivity index (χ0v) is 7.69. The van der Waals surface area contributed by atoms with Gasteiger partial charge in [0.15, 0.2) is 0 Å². The van der Waals surface area contributed by atoms with Gasteiger partial charge in [-0.2, -0.15) is 0 Å². The molecule has 1 heterocycles. The summed E-state index contributed by atoms with van der Waals surface area (Å²) >= 11 is 0. The zero-order chi connectivity index (χ0) is 9.10. The highest BCUT2D eigenvalue weighted by atomic mass is 16.7. The lowest BCUT2D eigenvalue weighted by atomic mass is 10.2. The van der Waals surface area contributed by atoms with E-state index in [1.165, 1.54) is 0 Å².